The summed E-state index contributed by atoms with van der Waals surface area (Å²) in [4.78, 5) is 28.9. The molecule has 2 N–H and O–H groups in total. The van der Waals surface area contributed by atoms with Crippen LogP contribution in [0, 0.1) is 12.8 Å². The number of amides is 1. The van der Waals surface area contributed by atoms with E-state index in [0.717, 1.165) is 35.0 Å². The molecule has 0 aliphatic heterocycles. The first-order valence-corrected chi connectivity index (χ1v) is 8.06. The van der Waals surface area contributed by atoms with Gasteiger partial charge in [0, 0.05) is 29.2 Å². The Morgan fingerprint density at radius 1 is 1.35 bits per heavy atom. The number of fused-ring (bicyclic) bond motifs is 1. The molecule has 0 spiro atoms. The Kier molecular flexibility index (Phi) is 4.11. The number of benzene rings is 1. The summed E-state index contributed by atoms with van der Waals surface area (Å²) in [5.74, 6) is -1.37. The van der Waals surface area contributed by atoms with Gasteiger partial charge < -0.3 is 15.0 Å². The third kappa shape index (κ3) is 3.23. The van der Waals surface area contributed by atoms with E-state index < -0.39 is 11.9 Å². The zero-order valence-electron chi connectivity index (χ0n) is 13.5. The van der Waals surface area contributed by atoms with E-state index in [1.165, 1.54) is 0 Å². The lowest BCUT2D eigenvalue weighted by atomic mass is 10.1. The molecule has 1 aliphatic carbocycles. The number of aryl methyl sites for hydroxylation is 1. The van der Waals surface area contributed by atoms with Gasteiger partial charge in [0.2, 0.25) is 5.91 Å². The van der Waals surface area contributed by atoms with Gasteiger partial charge in [-0.1, -0.05) is 25.1 Å². The minimum Gasteiger partial charge on any atom is -0.481 e. The van der Waals surface area contributed by atoms with Crippen LogP contribution in [-0.2, 0) is 16.0 Å². The maximum atomic E-state index is 12.8. The predicted molar refractivity (Wildman–Crippen MR) is 88.3 cm³/mol. The van der Waals surface area contributed by atoms with Crippen LogP contribution in [0.5, 0.6) is 0 Å². The molecule has 0 unspecified atom stereocenters. The normalized spacial score (nSPS) is 15.6. The number of carboxylic acids is 1. The van der Waals surface area contributed by atoms with Crippen molar-refractivity contribution in [2.24, 2.45) is 5.92 Å². The van der Waals surface area contributed by atoms with Crippen molar-refractivity contribution in [1.82, 2.24) is 9.88 Å². The lowest BCUT2D eigenvalue weighted by Crippen LogP contribution is -2.39. The molecular formula is C18H22N2O3. The summed E-state index contributed by atoms with van der Waals surface area (Å²) in [6, 6.07) is 8.17. The third-order valence-corrected chi connectivity index (χ3v) is 4.56. The van der Waals surface area contributed by atoms with Crippen molar-refractivity contribution >= 4 is 22.8 Å². The molecule has 1 aliphatic rings. The first-order chi connectivity index (χ1) is 11.0. The summed E-state index contributed by atoms with van der Waals surface area (Å²) in [6.07, 6.45) is 2.27. The van der Waals surface area contributed by atoms with Crippen molar-refractivity contribution in [3.63, 3.8) is 0 Å². The predicted octanol–water partition coefficient (Wildman–Crippen LogP) is 2.73. The van der Waals surface area contributed by atoms with Crippen LogP contribution in [-0.4, -0.2) is 39.5 Å². The van der Waals surface area contributed by atoms with E-state index in [4.69, 9.17) is 5.11 Å². The molecule has 3 rings (SSSR count). The van der Waals surface area contributed by atoms with Gasteiger partial charge in [0.05, 0.1) is 12.3 Å². The molecule has 0 bridgehead atoms. The van der Waals surface area contributed by atoms with E-state index >= 15 is 0 Å². The van der Waals surface area contributed by atoms with Gasteiger partial charge in [-0.05, 0) is 31.4 Å². The molecule has 1 amide bonds. The summed E-state index contributed by atoms with van der Waals surface area (Å²) in [6.45, 7) is 3.92. The molecule has 1 atom stereocenters. The van der Waals surface area contributed by atoms with Crippen LogP contribution in [0.15, 0.2) is 24.3 Å². The smallest absolute Gasteiger partial charge is 0.308 e. The third-order valence-electron chi connectivity index (χ3n) is 4.56. The highest BCUT2D eigenvalue weighted by Crippen LogP contribution is 2.29. The van der Waals surface area contributed by atoms with Gasteiger partial charge in [-0.3, -0.25) is 9.59 Å². The standard InChI is InChI=1S/C18H22N2O3/c1-11(18(22)23)10-20(13-7-8-13)17(21)9-15-12(2)19-16-6-4-3-5-14(15)16/h3-6,11,13,19H,7-10H2,1-2H3,(H,22,23)/t11-/m0/s1. The topological polar surface area (TPSA) is 73.4 Å². The van der Waals surface area contributed by atoms with E-state index in [0.29, 0.717) is 13.0 Å². The number of para-hydroxylation sites is 1. The van der Waals surface area contributed by atoms with Crippen molar-refractivity contribution < 1.29 is 14.7 Å². The van der Waals surface area contributed by atoms with Crippen molar-refractivity contribution in [3.8, 4) is 0 Å². The Labute approximate surface area is 135 Å². The summed E-state index contributed by atoms with van der Waals surface area (Å²) in [5.41, 5.74) is 3.05. The van der Waals surface area contributed by atoms with Crippen LogP contribution in [0.1, 0.15) is 31.0 Å². The van der Waals surface area contributed by atoms with E-state index in [2.05, 4.69) is 4.98 Å². The van der Waals surface area contributed by atoms with Gasteiger partial charge in [0.15, 0.2) is 0 Å². The summed E-state index contributed by atoms with van der Waals surface area (Å²) < 4.78 is 0. The van der Waals surface area contributed by atoms with Crippen LogP contribution < -0.4 is 0 Å². The lowest BCUT2D eigenvalue weighted by molar-refractivity contribution is -0.143. The maximum Gasteiger partial charge on any atom is 0.308 e. The fourth-order valence-electron chi connectivity index (χ4n) is 3.03. The van der Waals surface area contributed by atoms with Gasteiger partial charge in [-0.25, -0.2) is 0 Å². The molecule has 5 nitrogen and oxygen atoms in total. The fourth-order valence-corrected chi connectivity index (χ4v) is 3.03. The molecule has 2 aromatic rings. The highest BCUT2D eigenvalue weighted by molar-refractivity contribution is 5.90. The maximum absolute atomic E-state index is 12.8. The highest BCUT2D eigenvalue weighted by Gasteiger charge is 2.34. The lowest BCUT2D eigenvalue weighted by Gasteiger charge is -2.24. The first kappa shape index (κ1) is 15.6. The van der Waals surface area contributed by atoms with Crippen LogP contribution >= 0.6 is 0 Å². The molecule has 1 fully saturated rings. The largest absolute Gasteiger partial charge is 0.481 e. The van der Waals surface area contributed by atoms with Crippen LogP contribution in [0.25, 0.3) is 10.9 Å². The van der Waals surface area contributed by atoms with Gasteiger partial charge in [0.25, 0.3) is 0 Å². The number of aromatic nitrogens is 1. The SMILES string of the molecule is Cc1[nH]c2ccccc2c1CC(=O)N(C[C@H](C)C(=O)O)C1CC1. The summed E-state index contributed by atoms with van der Waals surface area (Å²) in [7, 11) is 0. The number of hydrogen-bond acceptors (Lipinski definition) is 2. The molecule has 1 aromatic heterocycles. The van der Waals surface area contributed by atoms with Crippen molar-refractivity contribution in [2.75, 3.05) is 6.54 Å². The number of hydrogen-bond donors (Lipinski definition) is 2. The Morgan fingerprint density at radius 3 is 2.70 bits per heavy atom. The molecule has 1 heterocycles. The second-order valence-electron chi connectivity index (χ2n) is 6.47. The van der Waals surface area contributed by atoms with Gasteiger partial charge >= 0.3 is 5.97 Å². The molecule has 0 saturated heterocycles. The van der Waals surface area contributed by atoms with Crippen molar-refractivity contribution in [3.05, 3.63) is 35.5 Å². The van der Waals surface area contributed by atoms with E-state index in [9.17, 15) is 9.59 Å². The van der Waals surface area contributed by atoms with Crippen molar-refractivity contribution in [2.45, 2.75) is 39.2 Å². The van der Waals surface area contributed by atoms with E-state index in [1.54, 1.807) is 11.8 Å². The Balaban J connectivity index is 1.81. The zero-order valence-corrected chi connectivity index (χ0v) is 13.5. The molecule has 1 saturated carbocycles. The average molecular weight is 314 g/mol. The molecule has 1 aromatic carbocycles. The first-order valence-electron chi connectivity index (χ1n) is 8.06. The average Bonchev–Trinajstić information content (AvgIpc) is 3.30. The molecule has 0 radical (unpaired) electrons. The number of rotatable bonds is 6. The van der Waals surface area contributed by atoms with Crippen LogP contribution in [0.2, 0.25) is 0 Å². The number of carbonyl (C=O) groups excluding carboxylic acids is 1. The molecular weight excluding hydrogens is 292 g/mol. The number of nitrogens with zero attached hydrogens (tertiary/aromatic N) is 1. The summed E-state index contributed by atoms with van der Waals surface area (Å²) in [5, 5.41) is 10.2. The monoisotopic (exact) mass is 314 g/mol. The number of carboxylic acid groups (broad SMARTS) is 1. The summed E-state index contributed by atoms with van der Waals surface area (Å²) >= 11 is 0. The minimum absolute atomic E-state index is 0.0217. The number of H-pyrrole nitrogens is 1. The zero-order chi connectivity index (χ0) is 16.6. The van der Waals surface area contributed by atoms with Crippen molar-refractivity contribution in [1.29, 1.82) is 0 Å². The van der Waals surface area contributed by atoms with Gasteiger partial charge in [-0.15, -0.1) is 0 Å². The number of nitrogens with one attached hydrogen (secondary N) is 1. The fraction of sp³-hybridized carbons (Fsp3) is 0.444. The van der Waals surface area contributed by atoms with E-state index in [1.807, 2.05) is 31.2 Å². The van der Waals surface area contributed by atoms with Gasteiger partial charge in [-0.2, -0.15) is 0 Å². The minimum atomic E-state index is -0.855. The van der Waals surface area contributed by atoms with E-state index in [-0.39, 0.29) is 11.9 Å². The molecule has 5 heteroatoms. The highest BCUT2D eigenvalue weighted by atomic mass is 16.4. The van der Waals surface area contributed by atoms with Gasteiger partial charge in [0.1, 0.15) is 0 Å². The Hall–Kier alpha value is -2.30. The number of aromatic amines is 1. The Morgan fingerprint density at radius 2 is 2.04 bits per heavy atom. The molecule has 122 valence electrons. The number of aliphatic carboxylic acids is 1. The number of carbonyl (C=O) groups is 2. The second-order valence-corrected chi connectivity index (χ2v) is 6.47. The Bertz CT molecular complexity index is 746. The second kappa shape index (κ2) is 6.07. The van der Waals surface area contributed by atoms with Crippen LogP contribution in [0.4, 0.5) is 0 Å². The van der Waals surface area contributed by atoms with Crippen LogP contribution in [0.3, 0.4) is 0 Å². The molecule has 23 heavy (non-hydrogen) atoms. The quantitative estimate of drug-likeness (QED) is 0.861.